The highest BCUT2D eigenvalue weighted by Gasteiger charge is 2.27. The van der Waals surface area contributed by atoms with Gasteiger partial charge in [-0.3, -0.25) is 4.79 Å². The van der Waals surface area contributed by atoms with Crippen LogP contribution in [0.1, 0.15) is 19.8 Å². The Morgan fingerprint density at radius 2 is 2.07 bits per heavy atom. The standard InChI is InChI=1S/C21H24N4O3/c1-3-28-21(26)15-7-10-24(11-8-15)20-19-14-18(23-25(19)12-9-22-20)16-5-4-6-17(13-16)27-2/h4-6,9,12-15H,3,7-8,10-11H2,1-2H3. The highest BCUT2D eigenvalue weighted by molar-refractivity contribution is 5.76. The Morgan fingerprint density at radius 3 is 2.82 bits per heavy atom. The lowest BCUT2D eigenvalue weighted by atomic mass is 9.97. The number of ether oxygens (including phenoxy) is 2. The van der Waals surface area contributed by atoms with Gasteiger partial charge >= 0.3 is 5.97 Å². The van der Waals surface area contributed by atoms with E-state index in [1.54, 1.807) is 13.3 Å². The number of carbonyl (C=O) groups is 1. The molecule has 0 spiro atoms. The van der Waals surface area contributed by atoms with Crippen molar-refractivity contribution in [3.05, 3.63) is 42.7 Å². The fraction of sp³-hybridized carbons (Fsp3) is 0.381. The Bertz CT molecular complexity index is 977. The van der Waals surface area contributed by atoms with Crippen molar-refractivity contribution in [2.45, 2.75) is 19.8 Å². The number of methoxy groups -OCH3 is 1. The molecule has 7 nitrogen and oxygen atoms in total. The molecule has 1 aromatic carbocycles. The number of piperidine rings is 1. The zero-order chi connectivity index (χ0) is 19.5. The molecule has 1 aliphatic heterocycles. The van der Waals surface area contributed by atoms with Crippen molar-refractivity contribution >= 4 is 17.3 Å². The molecule has 0 aliphatic carbocycles. The lowest BCUT2D eigenvalue weighted by Crippen LogP contribution is -2.37. The van der Waals surface area contributed by atoms with E-state index in [0.717, 1.165) is 54.3 Å². The van der Waals surface area contributed by atoms with Crippen molar-refractivity contribution in [1.29, 1.82) is 0 Å². The van der Waals surface area contributed by atoms with E-state index in [-0.39, 0.29) is 11.9 Å². The van der Waals surface area contributed by atoms with Crippen LogP contribution in [0.2, 0.25) is 0 Å². The molecule has 0 amide bonds. The molecular formula is C21H24N4O3. The van der Waals surface area contributed by atoms with Crippen LogP contribution in [0, 0.1) is 5.92 Å². The minimum atomic E-state index is -0.0852. The third kappa shape index (κ3) is 3.52. The Balaban J connectivity index is 1.59. The molecule has 2 aromatic heterocycles. The summed E-state index contributed by atoms with van der Waals surface area (Å²) in [6.07, 6.45) is 5.17. The SMILES string of the molecule is CCOC(=O)C1CCN(c2nccn3nc(-c4cccc(OC)c4)cc23)CC1. The van der Waals surface area contributed by atoms with Gasteiger partial charge in [-0.15, -0.1) is 0 Å². The molecule has 146 valence electrons. The van der Waals surface area contributed by atoms with Crippen LogP contribution >= 0.6 is 0 Å². The van der Waals surface area contributed by atoms with Crippen molar-refractivity contribution < 1.29 is 14.3 Å². The maximum Gasteiger partial charge on any atom is 0.309 e. The summed E-state index contributed by atoms with van der Waals surface area (Å²) in [4.78, 5) is 18.8. The van der Waals surface area contributed by atoms with Crippen LogP contribution in [0.3, 0.4) is 0 Å². The molecule has 0 N–H and O–H groups in total. The van der Waals surface area contributed by atoms with Crippen LogP contribution in [-0.2, 0) is 9.53 Å². The second-order valence-corrected chi connectivity index (χ2v) is 6.86. The van der Waals surface area contributed by atoms with Crippen molar-refractivity contribution in [2.24, 2.45) is 5.92 Å². The number of hydrogen-bond acceptors (Lipinski definition) is 6. The molecule has 3 aromatic rings. The minimum Gasteiger partial charge on any atom is -0.497 e. The summed E-state index contributed by atoms with van der Waals surface area (Å²) in [5, 5.41) is 4.70. The van der Waals surface area contributed by atoms with Gasteiger partial charge in [-0.05, 0) is 38.0 Å². The number of esters is 1. The van der Waals surface area contributed by atoms with E-state index in [4.69, 9.17) is 14.6 Å². The third-order valence-corrected chi connectivity index (χ3v) is 5.15. The first-order valence-corrected chi connectivity index (χ1v) is 9.60. The van der Waals surface area contributed by atoms with Gasteiger partial charge in [0.05, 0.1) is 25.3 Å². The van der Waals surface area contributed by atoms with Gasteiger partial charge in [0.25, 0.3) is 0 Å². The number of anilines is 1. The maximum atomic E-state index is 12.0. The largest absolute Gasteiger partial charge is 0.497 e. The predicted molar refractivity (Wildman–Crippen MR) is 107 cm³/mol. The van der Waals surface area contributed by atoms with Crippen LogP contribution in [0.15, 0.2) is 42.7 Å². The number of nitrogens with zero attached hydrogens (tertiary/aromatic N) is 4. The van der Waals surface area contributed by atoms with Gasteiger partial charge in [0.15, 0.2) is 5.82 Å². The molecule has 0 unspecified atom stereocenters. The number of rotatable bonds is 5. The maximum absolute atomic E-state index is 12.0. The topological polar surface area (TPSA) is 69.0 Å². The normalized spacial score (nSPS) is 15.0. The fourth-order valence-electron chi connectivity index (χ4n) is 3.66. The zero-order valence-electron chi connectivity index (χ0n) is 16.2. The summed E-state index contributed by atoms with van der Waals surface area (Å²) >= 11 is 0. The van der Waals surface area contributed by atoms with Crippen molar-refractivity contribution in [2.75, 3.05) is 31.7 Å². The summed E-state index contributed by atoms with van der Waals surface area (Å²) in [5.41, 5.74) is 2.82. The Hall–Kier alpha value is -3.09. The van der Waals surface area contributed by atoms with Crippen LogP contribution in [-0.4, -0.2) is 47.4 Å². The number of benzene rings is 1. The Kier molecular flexibility index (Phi) is 5.14. The van der Waals surface area contributed by atoms with Gasteiger partial charge < -0.3 is 14.4 Å². The van der Waals surface area contributed by atoms with Gasteiger partial charge in [-0.25, -0.2) is 9.50 Å². The van der Waals surface area contributed by atoms with Crippen molar-refractivity contribution in [3.8, 4) is 17.0 Å². The lowest BCUT2D eigenvalue weighted by Gasteiger charge is -2.31. The molecule has 28 heavy (non-hydrogen) atoms. The smallest absolute Gasteiger partial charge is 0.309 e. The monoisotopic (exact) mass is 380 g/mol. The van der Waals surface area contributed by atoms with E-state index in [1.807, 2.05) is 41.9 Å². The molecule has 0 bridgehead atoms. The molecule has 1 fully saturated rings. The molecule has 0 radical (unpaired) electrons. The molecule has 0 atom stereocenters. The average Bonchev–Trinajstić information content (AvgIpc) is 3.18. The van der Waals surface area contributed by atoms with Gasteiger partial charge in [-0.1, -0.05) is 12.1 Å². The van der Waals surface area contributed by atoms with E-state index in [1.165, 1.54) is 0 Å². The van der Waals surface area contributed by atoms with Crippen molar-refractivity contribution in [1.82, 2.24) is 14.6 Å². The number of fused-ring (bicyclic) bond motifs is 1. The Morgan fingerprint density at radius 1 is 1.25 bits per heavy atom. The van der Waals surface area contributed by atoms with Gasteiger partial charge in [0, 0.05) is 31.0 Å². The van der Waals surface area contributed by atoms with Gasteiger partial charge in [0.1, 0.15) is 11.3 Å². The summed E-state index contributed by atoms with van der Waals surface area (Å²) in [6, 6.07) is 9.91. The number of carbonyl (C=O) groups excluding carboxylic acids is 1. The Labute approximate surface area is 163 Å². The van der Waals surface area contributed by atoms with E-state index in [9.17, 15) is 4.79 Å². The van der Waals surface area contributed by atoms with Crippen LogP contribution in [0.5, 0.6) is 5.75 Å². The first-order chi connectivity index (χ1) is 13.7. The molecular weight excluding hydrogens is 356 g/mol. The van der Waals surface area contributed by atoms with Crippen LogP contribution in [0.4, 0.5) is 5.82 Å². The second kappa shape index (κ2) is 7.88. The van der Waals surface area contributed by atoms with Gasteiger partial charge in [0.2, 0.25) is 0 Å². The minimum absolute atomic E-state index is 0.0202. The predicted octanol–water partition coefficient (Wildman–Crippen LogP) is 3.18. The second-order valence-electron chi connectivity index (χ2n) is 6.86. The van der Waals surface area contributed by atoms with Gasteiger partial charge in [-0.2, -0.15) is 5.10 Å². The highest BCUT2D eigenvalue weighted by Crippen LogP contribution is 2.29. The summed E-state index contributed by atoms with van der Waals surface area (Å²) in [7, 11) is 1.66. The molecule has 7 heteroatoms. The first kappa shape index (κ1) is 18.3. The van der Waals surface area contributed by atoms with Crippen molar-refractivity contribution in [3.63, 3.8) is 0 Å². The molecule has 3 heterocycles. The molecule has 1 aliphatic rings. The molecule has 0 saturated carbocycles. The fourth-order valence-corrected chi connectivity index (χ4v) is 3.66. The third-order valence-electron chi connectivity index (χ3n) is 5.15. The first-order valence-electron chi connectivity index (χ1n) is 9.60. The highest BCUT2D eigenvalue weighted by atomic mass is 16.5. The molecule has 4 rings (SSSR count). The lowest BCUT2D eigenvalue weighted by molar-refractivity contribution is -0.148. The van der Waals surface area contributed by atoms with E-state index < -0.39 is 0 Å². The van der Waals surface area contributed by atoms with Crippen LogP contribution in [0.25, 0.3) is 16.8 Å². The summed E-state index contributed by atoms with van der Waals surface area (Å²) < 4.78 is 12.3. The van der Waals surface area contributed by atoms with E-state index in [2.05, 4.69) is 16.0 Å². The quantitative estimate of drug-likeness (QED) is 0.633. The van der Waals surface area contributed by atoms with E-state index in [0.29, 0.717) is 6.61 Å². The van der Waals surface area contributed by atoms with Crippen LogP contribution < -0.4 is 9.64 Å². The number of aromatic nitrogens is 3. The summed E-state index contributed by atoms with van der Waals surface area (Å²) in [5.74, 6) is 1.59. The summed E-state index contributed by atoms with van der Waals surface area (Å²) in [6.45, 7) is 3.83. The zero-order valence-corrected chi connectivity index (χ0v) is 16.2. The average molecular weight is 380 g/mol. The van der Waals surface area contributed by atoms with E-state index >= 15 is 0 Å². The molecule has 1 saturated heterocycles. The number of hydrogen-bond donors (Lipinski definition) is 0.